The number of halogens is 1. The standard InChI is InChI=1S/C18H21ClN2O2/c1-3-23-17-11-7-6-10-16(17)20-18(22)13-21(2)12-14-8-4-5-9-15(14)19/h4-11H,3,12-13H2,1-2H3,(H,20,22)/p+1. The molecule has 2 aromatic carbocycles. The van der Waals surface area contributed by atoms with Crippen LogP contribution in [0.3, 0.4) is 0 Å². The van der Waals surface area contributed by atoms with Crippen molar-refractivity contribution in [2.24, 2.45) is 0 Å². The summed E-state index contributed by atoms with van der Waals surface area (Å²) in [6.45, 7) is 3.52. The minimum Gasteiger partial charge on any atom is -0.492 e. The van der Waals surface area contributed by atoms with Crippen LogP contribution in [0.25, 0.3) is 0 Å². The summed E-state index contributed by atoms with van der Waals surface area (Å²) in [5.41, 5.74) is 1.74. The van der Waals surface area contributed by atoms with Crippen molar-refractivity contribution in [1.29, 1.82) is 0 Å². The maximum atomic E-state index is 12.2. The maximum absolute atomic E-state index is 12.2. The van der Waals surface area contributed by atoms with E-state index in [4.69, 9.17) is 16.3 Å². The van der Waals surface area contributed by atoms with Crippen LogP contribution in [-0.4, -0.2) is 26.1 Å². The van der Waals surface area contributed by atoms with Crippen molar-refractivity contribution >= 4 is 23.2 Å². The van der Waals surface area contributed by atoms with Gasteiger partial charge in [0.2, 0.25) is 0 Å². The predicted octanol–water partition coefficient (Wildman–Crippen LogP) is 2.39. The van der Waals surface area contributed by atoms with E-state index in [0.29, 0.717) is 31.1 Å². The largest absolute Gasteiger partial charge is 0.492 e. The fourth-order valence-corrected chi connectivity index (χ4v) is 2.55. The summed E-state index contributed by atoms with van der Waals surface area (Å²) in [5, 5.41) is 3.64. The summed E-state index contributed by atoms with van der Waals surface area (Å²) in [5.74, 6) is 0.633. The Kier molecular flexibility index (Phi) is 6.44. The second-order valence-electron chi connectivity index (χ2n) is 5.38. The van der Waals surface area contributed by atoms with Crippen LogP contribution < -0.4 is 15.0 Å². The summed E-state index contributed by atoms with van der Waals surface area (Å²) < 4.78 is 5.52. The van der Waals surface area contributed by atoms with Crippen molar-refractivity contribution in [2.75, 3.05) is 25.5 Å². The molecule has 1 atom stereocenters. The average molecular weight is 334 g/mol. The van der Waals surface area contributed by atoms with E-state index in [2.05, 4.69) is 5.32 Å². The molecule has 0 spiro atoms. The average Bonchev–Trinajstić information content (AvgIpc) is 2.51. The van der Waals surface area contributed by atoms with Gasteiger partial charge in [-0.05, 0) is 25.1 Å². The van der Waals surface area contributed by atoms with Crippen molar-refractivity contribution in [3.8, 4) is 5.75 Å². The molecule has 1 unspecified atom stereocenters. The predicted molar refractivity (Wildman–Crippen MR) is 93.2 cm³/mol. The monoisotopic (exact) mass is 333 g/mol. The molecular weight excluding hydrogens is 312 g/mol. The first-order valence-electron chi connectivity index (χ1n) is 7.66. The third-order valence-corrected chi connectivity index (χ3v) is 3.74. The molecule has 4 nitrogen and oxygen atoms in total. The van der Waals surface area contributed by atoms with Gasteiger partial charge in [0.25, 0.3) is 5.91 Å². The van der Waals surface area contributed by atoms with E-state index in [-0.39, 0.29) is 5.91 Å². The third kappa shape index (κ3) is 5.27. The van der Waals surface area contributed by atoms with Gasteiger partial charge in [-0.1, -0.05) is 41.9 Å². The van der Waals surface area contributed by atoms with Gasteiger partial charge in [-0.3, -0.25) is 4.79 Å². The Labute approximate surface area is 142 Å². The normalized spacial score (nSPS) is 11.8. The lowest BCUT2D eigenvalue weighted by Crippen LogP contribution is -3.08. The van der Waals surface area contributed by atoms with Crippen LogP contribution in [0.2, 0.25) is 5.02 Å². The minimum atomic E-state index is -0.0540. The van der Waals surface area contributed by atoms with E-state index in [0.717, 1.165) is 15.5 Å². The SMILES string of the molecule is CCOc1ccccc1NC(=O)C[NH+](C)Cc1ccccc1Cl. The lowest BCUT2D eigenvalue weighted by Gasteiger charge is -2.16. The summed E-state index contributed by atoms with van der Waals surface area (Å²) >= 11 is 6.16. The highest BCUT2D eigenvalue weighted by Gasteiger charge is 2.14. The number of anilines is 1. The van der Waals surface area contributed by atoms with Crippen molar-refractivity contribution in [2.45, 2.75) is 13.5 Å². The quantitative estimate of drug-likeness (QED) is 0.817. The third-order valence-electron chi connectivity index (χ3n) is 3.37. The number of nitrogens with one attached hydrogen (secondary N) is 2. The molecule has 5 heteroatoms. The highest BCUT2D eigenvalue weighted by Crippen LogP contribution is 2.23. The first-order valence-corrected chi connectivity index (χ1v) is 8.04. The molecular formula is C18H22ClN2O2+. The van der Waals surface area contributed by atoms with Gasteiger partial charge in [0.15, 0.2) is 6.54 Å². The number of rotatable bonds is 7. The van der Waals surface area contributed by atoms with Crippen LogP contribution in [-0.2, 0) is 11.3 Å². The second kappa shape index (κ2) is 8.56. The van der Waals surface area contributed by atoms with Crippen molar-refractivity contribution in [3.05, 3.63) is 59.1 Å². The number of ether oxygens (including phenoxy) is 1. The van der Waals surface area contributed by atoms with Gasteiger partial charge in [-0.2, -0.15) is 0 Å². The first-order chi connectivity index (χ1) is 11.1. The molecule has 2 rings (SSSR count). The number of amides is 1. The van der Waals surface area contributed by atoms with Crippen molar-refractivity contribution in [3.63, 3.8) is 0 Å². The van der Waals surface area contributed by atoms with Gasteiger partial charge in [0.05, 0.1) is 19.3 Å². The molecule has 0 radical (unpaired) electrons. The molecule has 0 aliphatic rings. The molecule has 2 aromatic rings. The van der Waals surface area contributed by atoms with Gasteiger partial charge in [-0.15, -0.1) is 0 Å². The fourth-order valence-electron chi connectivity index (χ4n) is 2.35. The number of quaternary nitrogens is 1. The molecule has 0 saturated carbocycles. The molecule has 0 aliphatic heterocycles. The summed E-state index contributed by atoms with van der Waals surface area (Å²) in [4.78, 5) is 13.3. The zero-order valence-electron chi connectivity index (χ0n) is 13.4. The highest BCUT2D eigenvalue weighted by atomic mass is 35.5. The Balaban J connectivity index is 1.93. The van der Waals surface area contributed by atoms with Gasteiger partial charge in [-0.25, -0.2) is 0 Å². The van der Waals surface area contributed by atoms with Gasteiger partial charge in [0, 0.05) is 10.6 Å². The lowest BCUT2D eigenvalue weighted by molar-refractivity contribution is -0.885. The molecule has 0 aromatic heterocycles. The Morgan fingerprint density at radius 2 is 1.87 bits per heavy atom. The zero-order valence-corrected chi connectivity index (χ0v) is 14.2. The molecule has 2 N–H and O–H groups in total. The zero-order chi connectivity index (χ0) is 16.7. The van der Waals surface area contributed by atoms with E-state index in [9.17, 15) is 4.79 Å². The molecule has 0 heterocycles. The van der Waals surface area contributed by atoms with E-state index < -0.39 is 0 Å². The summed E-state index contributed by atoms with van der Waals surface area (Å²) in [6, 6.07) is 15.1. The Morgan fingerprint density at radius 1 is 1.17 bits per heavy atom. The fraction of sp³-hybridized carbons (Fsp3) is 0.278. The number of likely N-dealkylation sites (N-methyl/N-ethyl adjacent to an activating group) is 1. The molecule has 0 bridgehead atoms. The molecule has 0 aliphatic carbocycles. The van der Waals surface area contributed by atoms with E-state index in [1.165, 1.54) is 0 Å². The molecule has 0 saturated heterocycles. The molecule has 0 fully saturated rings. The van der Waals surface area contributed by atoms with E-state index >= 15 is 0 Å². The smallest absolute Gasteiger partial charge is 0.279 e. The van der Waals surface area contributed by atoms with E-state index in [1.54, 1.807) is 0 Å². The Hall–Kier alpha value is -2.04. The van der Waals surface area contributed by atoms with Crippen LogP contribution in [0.4, 0.5) is 5.69 Å². The van der Waals surface area contributed by atoms with E-state index in [1.807, 2.05) is 62.5 Å². The van der Waals surface area contributed by atoms with Gasteiger partial charge in [0.1, 0.15) is 12.3 Å². The van der Waals surface area contributed by atoms with Crippen LogP contribution in [0.5, 0.6) is 5.75 Å². The van der Waals surface area contributed by atoms with Crippen molar-refractivity contribution < 1.29 is 14.4 Å². The van der Waals surface area contributed by atoms with Crippen molar-refractivity contribution in [1.82, 2.24) is 0 Å². The molecule has 1 amide bonds. The molecule has 122 valence electrons. The lowest BCUT2D eigenvalue weighted by atomic mass is 10.2. The van der Waals surface area contributed by atoms with Gasteiger partial charge < -0.3 is 15.0 Å². The molecule has 23 heavy (non-hydrogen) atoms. The first kappa shape index (κ1) is 17.3. The second-order valence-corrected chi connectivity index (χ2v) is 5.79. The number of carbonyl (C=O) groups is 1. The highest BCUT2D eigenvalue weighted by molar-refractivity contribution is 6.31. The van der Waals surface area contributed by atoms with Crippen LogP contribution in [0, 0.1) is 0 Å². The Morgan fingerprint density at radius 3 is 2.61 bits per heavy atom. The minimum absolute atomic E-state index is 0.0540. The maximum Gasteiger partial charge on any atom is 0.279 e. The Bertz CT molecular complexity index is 661. The number of benzene rings is 2. The van der Waals surface area contributed by atoms with Gasteiger partial charge >= 0.3 is 0 Å². The van der Waals surface area contributed by atoms with Crippen LogP contribution in [0.1, 0.15) is 12.5 Å². The van der Waals surface area contributed by atoms with Crippen LogP contribution in [0.15, 0.2) is 48.5 Å². The summed E-state index contributed by atoms with van der Waals surface area (Å²) in [6.07, 6.45) is 0. The number of para-hydroxylation sites is 2. The number of hydrogen-bond donors (Lipinski definition) is 2. The van der Waals surface area contributed by atoms with Crippen LogP contribution >= 0.6 is 11.6 Å². The number of hydrogen-bond acceptors (Lipinski definition) is 2. The topological polar surface area (TPSA) is 42.8 Å². The summed E-state index contributed by atoms with van der Waals surface area (Å²) in [7, 11) is 1.97. The number of carbonyl (C=O) groups excluding carboxylic acids is 1.